The molecule has 0 unspecified atom stereocenters. The van der Waals surface area contributed by atoms with E-state index < -0.39 is 13.3 Å². The number of hydrogen-bond donors (Lipinski definition) is 0. The van der Waals surface area contributed by atoms with Crippen LogP contribution in [-0.4, -0.2) is 17.7 Å². The van der Waals surface area contributed by atoms with Crippen molar-refractivity contribution in [3.63, 3.8) is 0 Å². The Morgan fingerprint density at radius 2 is 1.58 bits per heavy atom. The quantitative estimate of drug-likeness (QED) is 0.101. The van der Waals surface area contributed by atoms with Crippen LogP contribution in [0.5, 0.6) is 0 Å². The normalized spacial score (nSPS) is 13.5. The third kappa shape index (κ3) is 2.76. The molecule has 3 heterocycles. The van der Waals surface area contributed by atoms with E-state index in [9.17, 15) is 0 Å². The van der Waals surface area contributed by atoms with Gasteiger partial charge in [-0.15, -0.1) is 0 Å². The molecule has 0 fully saturated rings. The summed E-state index contributed by atoms with van der Waals surface area (Å²) in [5.74, 6) is 7.50. The summed E-state index contributed by atoms with van der Waals surface area (Å²) in [6.45, 7) is 9.34. The maximum absolute atomic E-state index is 2.59. The number of rotatable bonds is 1. The molecule has 0 aliphatic rings. The van der Waals surface area contributed by atoms with E-state index in [1.54, 1.807) is 4.40 Å². The molecule has 3 aromatic carbocycles. The molecule has 0 N–H and O–H groups in total. The molecule has 33 heavy (non-hydrogen) atoms. The fraction of sp³-hybridized carbons (Fsp3) is 0.300. The van der Waals surface area contributed by atoms with Gasteiger partial charge in [0.2, 0.25) is 0 Å². The summed E-state index contributed by atoms with van der Waals surface area (Å²) in [5, 5.41) is 6.93. The standard InChI is InChI=1S/C30H33GeN2/c1-18-15-22(30(2,3)4)27-21-11-9-10-12-23(21)33-24-17-20(31(5,6)7)16-19-13-14-32(8)28(26(19)24)25(18)29(27)33/h9-17H,1-8H3/q+1. The Morgan fingerprint density at radius 3 is 2.27 bits per heavy atom. The molecule has 0 radical (unpaired) electrons. The maximum atomic E-state index is 2.59. The molecule has 0 saturated heterocycles. The number of aromatic nitrogens is 2. The summed E-state index contributed by atoms with van der Waals surface area (Å²) in [7, 11) is 2.20. The number of hydrogen-bond acceptors (Lipinski definition) is 0. The molecule has 0 saturated carbocycles. The Morgan fingerprint density at radius 1 is 0.848 bits per heavy atom. The van der Waals surface area contributed by atoms with Crippen LogP contribution in [0.3, 0.4) is 0 Å². The van der Waals surface area contributed by atoms with Crippen LogP contribution in [-0.2, 0) is 12.5 Å². The second-order valence-corrected chi connectivity index (χ2v) is 22.6. The van der Waals surface area contributed by atoms with Crippen LogP contribution < -0.4 is 8.96 Å². The Bertz CT molecular complexity index is 1740. The molecule has 0 bridgehead atoms. The van der Waals surface area contributed by atoms with Gasteiger partial charge in [0.05, 0.1) is 0 Å². The van der Waals surface area contributed by atoms with Crippen LogP contribution in [0.2, 0.25) is 17.3 Å². The van der Waals surface area contributed by atoms with Crippen LogP contribution in [0.4, 0.5) is 0 Å². The summed E-state index contributed by atoms with van der Waals surface area (Å²) in [5.41, 5.74) is 8.29. The minimum atomic E-state index is -2.05. The summed E-state index contributed by atoms with van der Waals surface area (Å²) in [6, 6.07) is 18.8. The Labute approximate surface area is 198 Å². The molecule has 0 atom stereocenters. The van der Waals surface area contributed by atoms with Crippen molar-refractivity contribution >= 4 is 66.7 Å². The zero-order valence-electron chi connectivity index (χ0n) is 21.1. The van der Waals surface area contributed by atoms with Gasteiger partial charge in [-0.3, -0.25) is 0 Å². The Hall–Kier alpha value is -2.59. The first-order valence-corrected chi connectivity index (χ1v) is 19.4. The van der Waals surface area contributed by atoms with Crippen LogP contribution >= 0.6 is 0 Å². The summed E-state index contributed by atoms with van der Waals surface area (Å²) in [4.78, 5) is 0. The van der Waals surface area contributed by atoms with Crippen molar-refractivity contribution in [2.75, 3.05) is 0 Å². The summed E-state index contributed by atoms with van der Waals surface area (Å²) >= 11 is -2.05. The molecule has 6 aromatic rings. The van der Waals surface area contributed by atoms with E-state index >= 15 is 0 Å². The first-order valence-electron chi connectivity index (χ1n) is 12.0. The number of benzene rings is 3. The van der Waals surface area contributed by atoms with Crippen molar-refractivity contribution in [3.8, 4) is 0 Å². The molecule has 3 aromatic heterocycles. The first-order chi connectivity index (χ1) is 15.5. The molecular formula is C30H33GeN2+. The van der Waals surface area contributed by atoms with Crippen LogP contribution in [0.1, 0.15) is 31.9 Å². The first kappa shape index (κ1) is 21.0. The molecule has 0 spiro atoms. The van der Waals surface area contributed by atoms with E-state index in [2.05, 4.69) is 116 Å². The van der Waals surface area contributed by atoms with Gasteiger partial charge in [0, 0.05) is 0 Å². The van der Waals surface area contributed by atoms with Crippen LogP contribution in [0.25, 0.3) is 49.0 Å². The number of nitrogens with zero attached hydrogens (tertiary/aromatic N) is 2. The molecule has 3 heteroatoms. The van der Waals surface area contributed by atoms with Gasteiger partial charge in [-0.1, -0.05) is 0 Å². The van der Waals surface area contributed by atoms with Gasteiger partial charge in [0.15, 0.2) is 0 Å². The Kier molecular flexibility index (Phi) is 4.14. The zero-order valence-corrected chi connectivity index (χ0v) is 23.2. The number of para-hydroxylation sites is 1. The van der Waals surface area contributed by atoms with Crippen molar-refractivity contribution in [1.29, 1.82) is 0 Å². The Balaban J connectivity index is 2.07. The van der Waals surface area contributed by atoms with E-state index in [-0.39, 0.29) is 5.41 Å². The van der Waals surface area contributed by atoms with Crippen LogP contribution in [0, 0.1) is 6.92 Å². The second-order valence-electron chi connectivity index (χ2n) is 11.9. The van der Waals surface area contributed by atoms with E-state index in [0.717, 1.165) is 0 Å². The summed E-state index contributed by atoms with van der Waals surface area (Å²) < 4.78 is 6.49. The topological polar surface area (TPSA) is 8.29 Å². The third-order valence-electron chi connectivity index (χ3n) is 7.50. The van der Waals surface area contributed by atoms with Crippen molar-refractivity contribution in [2.24, 2.45) is 7.05 Å². The second kappa shape index (κ2) is 6.51. The molecular weight excluding hydrogens is 461 g/mol. The molecule has 6 rings (SSSR count). The van der Waals surface area contributed by atoms with E-state index in [0.29, 0.717) is 0 Å². The number of aryl methyl sites for hydroxylation is 2. The van der Waals surface area contributed by atoms with E-state index in [1.807, 2.05) is 0 Å². The summed E-state index contributed by atoms with van der Waals surface area (Å²) in [6.07, 6.45) is 2.25. The predicted octanol–water partition coefficient (Wildman–Crippen LogP) is 6.97. The van der Waals surface area contributed by atoms with Gasteiger partial charge in [-0.05, 0) is 0 Å². The van der Waals surface area contributed by atoms with Crippen molar-refractivity contribution in [2.45, 2.75) is 50.4 Å². The number of pyridine rings is 2. The molecule has 166 valence electrons. The van der Waals surface area contributed by atoms with Crippen molar-refractivity contribution < 1.29 is 4.57 Å². The molecule has 0 aliphatic carbocycles. The monoisotopic (exact) mass is 495 g/mol. The fourth-order valence-corrected chi connectivity index (χ4v) is 8.26. The fourth-order valence-electron chi connectivity index (χ4n) is 5.83. The molecule has 0 amide bonds. The van der Waals surface area contributed by atoms with Gasteiger partial charge in [-0.2, -0.15) is 0 Å². The zero-order chi connectivity index (χ0) is 23.4. The molecule has 0 aliphatic heterocycles. The minimum absolute atomic E-state index is 0.0648. The third-order valence-corrected chi connectivity index (χ3v) is 11.7. The van der Waals surface area contributed by atoms with E-state index in [4.69, 9.17) is 0 Å². The average molecular weight is 494 g/mol. The van der Waals surface area contributed by atoms with Gasteiger partial charge in [0.1, 0.15) is 0 Å². The van der Waals surface area contributed by atoms with Gasteiger partial charge < -0.3 is 0 Å². The predicted molar refractivity (Wildman–Crippen MR) is 146 cm³/mol. The molecule has 2 nitrogen and oxygen atoms in total. The van der Waals surface area contributed by atoms with Crippen molar-refractivity contribution in [3.05, 3.63) is 65.9 Å². The SMILES string of the molecule is Cc1cc(C(C)(C)C)c2c3ccccc3n3c4c[c]([Ge]([CH3])([CH3])[CH3])cc5cc[n+](C)c(c1c23)c54. The van der Waals surface area contributed by atoms with Gasteiger partial charge >= 0.3 is 199 Å². The van der Waals surface area contributed by atoms with E-state index in [1.165, 1.54) is 60.1 Å². The van der Waals surface area contributed by atoms with Crippen LogP contribution in [0.15, 0.2) is 54.7 Å². The number of fused-ring (bicyclic) bond motifs is 5. The van der Waals surface area contributed by atoms with Crippen molar-refractivity contribution in [1.82, 2.24) is 4.40 Å². The average Bonchev–Trinajstić information content (AvgIpc) is 3.07. The van der Waals surface area contributed by atoms with Gasteiger partial charge in [0.25, 0.3) is 0 Å². The van der Waals surface area contributed by atoms with Gasteiger partial charge in [-0.25, -0.2) is 0 Å².